The van der Waals surface area contributed by atoms with E-state index in [1.807, 2.05) is 0 Å². The van der Waals surface area contributed by atoms with Crippen molar-refractivity contribution in [3.63, 3.8) is 0 Å². The Balaban J connectivity index is 1.99. The Kier molecular flexibility index (Phi) is 3.84. The van der Waals surface area contributed by atoms with E-state index in [9.17, 15) is 13.6 Å². The number of aliphatic carboxylic acids is 1. The zero-order chi connectivity index (χ0) is 15.0. The van der Waals surface area contributed by atoms with Gasteiger partial charge in [-0.25, -0.2) is 13.8 Å². The summed E-state index contributed by atoms with van der Waals surface area (Å²) >= 11 is 1.03. The topological polar surface area (TPSA) is 55.1 Å². The number of hydrogen-bond donors (Lipinski definition) is 1. The number of aromatic nitrogens is 2. The fraction of sp³-hybridized carbons (Fsp3) is 0.429. The van der Waals surface area contributed by atoms with Crippen LogP contribution in [0.2, 0.25) is 0 Å². The molecule has 3 rings (SSSR count). The van der Waals surface area contributed by atoms with Crippen LogP contribution < -0.4 is 0 Å². The second-order valence-electron chi connectivity index (χ2n) is 5.19. The Hall–Kier alpha value is -1.63. The smallest absolute Gasteiger partial charge is 0.313 e. The van der Waals surface area contributed by atoms with E-state index in [1.54, 1.807) is 4.57 Å². The number of rotatable bonds is 6. The van der Waals surface area contributed by atoms with E-state index < -0.39 is 17.6 Å². The first-order valence-electron chi connectivity index (χ1n) is 6.75. The minimum atomic E-state index is -0.965. The lowest BCUT2D eigenvalue weighted by Crippen LogP contribution is -2.05. The maximum absolute atomic E-state index is 14.0. The van der Waals surface area contributed by atoms with Crippen molar-refractivity contribution in [1.82, 2.24) is 9.55 Å². The molecular formula is C14H14F2N2O2S. The van der Waals surface area contributed by atoms with Gasteiger partial charge in [0.05, 0.1) is 11.3 Å². The molecule has 7 heteroatoms. The van der Waals surface area contributed by atoms with Gasteiger partial charge in [0.1, 0.15) is 5.52 Å². The molecule has 1 N–H and O–H groups in total. The minimum absolute atomic E-state index is 0.128. The summed E-state index contributed by atoms with van der Waals surface area (Å²) in [5.74, 6) is -2.32. The van der Waals surface area contributed by atoms with Crippen molar-refractivity contribution in [3.05, 3.63) is 23.8 Å². The molecule has 0 radical (unpaired) electrons. The van der Waals surface area contributed by atoms with E-state index >= 15 is 0 Å². The van der Waals surface area contributed by atoms with E-state index in [-0.39, 0.29) is 11.3 Å². The summed E-state index contributed by atoms with van der Waals surface area (Å²) in [5, 5.41) is 9.20. The van der Waals surface area contributed by atoms with E-state index in [1.165, 1.54) is 18.9 Å². The van der Waals surface area contributed by atoms with E-state index in [0.717, 1.165) is 24.2 Å². The van der Waals surface area contributed by atoms with Gasteiger partial charge in [-0.3, -0.25) is 4.79 Å². The summed E-state index contributed by atoms with van der Waals surface area (Å²) in [6, 6.07) is 2.47. The van der Waals surface area contributed by atoms with Crippen molar-refractivity contribution < 1.29 is 18.7 Å². The fourth-order valence-electron chi connectivity index (χ4n) is 2.30. The number of carboxylic acid groups (broad SMARTS) is 1. The predicted octanol–water partition coefficient (Wildman–Crippen LogP) is 3.29. The summed E-state index contributed by atoms with van der Waals surface area (Å²) in [7, 11) is 0. The second kappa shape index (κ2) is 5.63. The molecule has 1 aromatic carbocycles. The third-order valence-electron chi connectivity index (χ3n) is 3.55. The molecule has 0 aliphatic heterocycles. The zero-order valence-corrected chi connectivity index (χ0v) is 12.0. The van der Waals surface area contributed by atoms with Crippen LogP contribution in [0.4, 0.5) is 8.78 Å². The highest BCUT2D eigenvalue weighted by Crippen LogP contribution is 2.34. The molecule has 0 spiro atoms. The Bertz CT molecular complexity index is 698. The summed E-state index contributed by atoms with van der Waals surface area (Å²) < 4.78 is 29.1. The van der Waals surface area contributed by atoms with Gasteiger partial charge in [-0.05, 0) is 24.5 Å². The molecule has 1 aliphatic rings. The van der Waals surface area contributed by atoms with Crippen LogP contribution in [-0.4, -0.2) is 26.4 Å². The number of benzene rings is 1. The molecule has 4 nitrogen and oxygen atoms in total. The first-order valence-corrected chi connectivity index (χ1v) is 7.73. The van der Waals surface area contributed by atoms with E-state index in [4.69, 9.17) is 5.11 Å². The first kappa shape index (κ1) is 14.3. The first-order chi connectivity index (χ1) is 10.1. The van der Waals surface area contributed by atoms with Crippen molar-refractivity contribution in [2.45, 2.75) is 31.0 Å². The van der Waals surface area contributed by atoms with Crippen molar-refractivity contribution >= 4 is 28.8 Å². The Morgan fingerprint density at radius 1 is 1.43 bits per heavy atom. The number of aryl methyl sites for hydroxylation is 1. The lowest BCUT2D eigenvalue weighted by atomic mass is 10.2. The molecule has 21 heavy (non-hydrogen) atoms. The van der Waals surface area contributed by atoms with Gasteiger partial charge >= 0.3 is 5.97 Å². The van der Waals surface area contributed by atoms with E-state index in [2.05, 4.69) is 4.98 Å². The molecule has 1 heterocycles. The van der Waals surface area contributed by atoms with Crippen LogP contribution in [0.3, 0.4) is 0 Å². The maximum Gasteiger partial charge on any atom is 0.313 e. The van der Waals surface area contributed by atoms with E-state index in [0.29, 0.717) is 23.1 Å². The van der Waals surface area contributed by atoms with Gasteiger partial charge < -0.3 is 9.67 Å². The lowest BCUT2D eigenvalue weighted by Gasteiger charge is -2.08. The molecule has 0 bridgehead atoms. The molecule has 0 amide bonds. The van der Waals surface area contributed by atoms with Gasteiger partial charge in [-0.15, -0.1) is 0 Å². The number of halogens is 2. The van der Waals surface area contributed by atoms with Crippen LogP contribution in [0, 0.1) is 17.6 Å². The average molecular weight is 312 g/mol. The van der Waals surface area contributed by atoms with Crippen molar-refractivity contribution in [2.24, 2.45) is 5.92 Å². The lowest BCUT2D eigenvalue weighted by molar-refractivity contribution is -0.133. The standard InChI is InChI=1S/C14H14F2N2O2S/c15-9-3-4-10-13(12(9)16)18(6-5-8-1-2-8)14(17-10)21-7-11(19)20/h3-4,8H,1-2,5-7H2,(H,19,20). The van der Waals surface area contributed by atoms with Gasteiger partial charge in [0.25, 0.3) is 0 Å². The zero-order valence-electron chi connectivity index (χ0n) is 11.2. The van der Waals surface area contributed by atoms with Crippen molar-refractivity contribution in [2.75, 3.05) is 5.75 Å². The molecule has 1 saturated carbocycles. The SMILES string of the molecule is O=C(O)CSc1nc2ccc(F)c(F)c2n1CCC1CC1. The number of hydrogen-bond acceptors (Lipinski definition) is 3. The summed E-state index contributed by atoms with van der Waals surface area (Å²) in [5.41, 5.74) is 0.487. The second-order valence-corrected chi connectivity index (χ2v) is 6.13. The Labute approximate surface area is 124 Å². The molecule has 1 aliphatic carbocycles. The molecule has 1 fully saturated rings. The highest BCUT2D eigenvalue weighted by Gasteiger charge is 2.23. The van der Waals surface area contributed by atoms with Crippen LogP contribution >= 0.6 is 11.8 Å². The van der Waals surface area contributed by atoms with Crippen LogP contribution in [0.15, 0.2) is 17.3 Å². The molecule has 2 aromatic rings. The third kappa shape index (κ3) is 3.02. The van der Waals surface area contributed by atoms with Crippen LogP contribution in [0.5, 0.6) is 0 Å². The summed E-state index contributed by atoms with van der Waals surface area (Å²) in [6.07, 6.45) is 3.21. The number of fused-ring (bicyclic) bond motifs is 1. The average Bonchev–Trinajstić information content (AvgIpc) is 3.20. The number of carboxylic acids is 1. The highest BCUT2D eigenvalue weighted by atomic mass is 32.2. The van der Waals surface area contributed by atoms with Gasteiger partial charge in [0, 0.05) is 6.54 Å². The van der Waals surface area contributed by atoms with Crippen LogP contribution in [0.25, 0.3) is 11.0 Å². The number of carbonyl (C=O) groups is 1. The normalized spacial score (nSPS) is 14.8. The van der Waals surface area contributed by atoms with Crippen LogP contribution in [0.1, 0.15) is 19.3 Å². The Morgan fingerprint density at radius 2 is 2.19 bits per heavy atom. The molecule has 0 unspecified atom stereocenters. The molecule has 0 saturated heterocycles. The third-order valence-corrected chi connectivity index (χ3v) is 4.51. The predicted molar refractivity (Wildman–Crippen MR) is 75.3 cm³/mol. The molecule has 1 aromatic heterocycles. The molecule has 0 atom stereocenters. The molecular weight excluding hydrogens is 298 g/mol. The molecule has 112 valence electrons. The monoisotopic (exact) mass is 312 g/mol. The number of thioether (sulfide) groups is 1. The van der Waals surface area contributed by atoms with Crippen molar-refractivity contribution in [3.8, 4) is 0 Å². The quantitative estimate of drug-likeness (QED) is 0.832. The minimum Gasteiger partial charge on any atom is -0.481 e. The van der Waals surface area contributed by atoms with Gasteiger partial charge in [-0.1, -0.05) is 24.6 Å². The largest absolute Gasteiger partial charge is 0.481 e. The van der Waals surface area contributed by atoms with Gasteiger partial charge in [0.2, 0.25) is 0 Å². The number of imidazole rings is 1. The van der Waals surface area contributed by atoms with Gasteiger partial charge in [0.15, 0.2) is 16.8 Å². The van der Waals surface area contributed by atoms with Crippen molar-refractivity contribution in [1.29, 1.82) is 0 Å². The maximum atomic E-state index is 14.0. The Morgan fingerprint density at radius 3 is 2.86 bits per heavy atom. The van der Waals surface area contributed by atoms with Crippen LogP contribution in [-0.2, 0) is 11.3 Å². The fourth-order valence-corrected chi connectivity index (χ4v) is 3.05. The highest BCUT2D eigenvalue weighted by molar-refractivity contribution is 7.99. The summed E-state index contributed by atoms with van der Waals surface area (Å²) in [6.45, 7) is 0.531. The summed E-state index contributed by atoms with van der Waals surface area (Å²) in [4.78, 5) is 14.9. The van der Waals surface area contributed by atoms with Gasteiger partial charge in [-0.2, -0.15) is 0 Å². The number of nitrogens with zero attached hydrogens (tertiary/aromatic N) is 2.